The van der Waals surface area contributed by atoms with Crippen LogP contribution in [0.3, 0.4) is 0 Å². The molecule has 0 spiro atoms. The van der Waals surface area contributed by atoms with Gasteiger partial charge in [0.15, 0.2) is 0 Å². The van der Waals surface area contributed by atoms with E-state index in [2.05, 4.69) is 4.90 Å². The first kappa shape index (κ1) is 20.2. The smallest absolute Gasteiger partial charge is 0.310 e. The van der Waals surface area contributed by atoms with E-state index in [-0.39, 0.29) is 24.8 Å². The maximum absolute atomic E-state index is 12.7. The molecule has 28 heavy (non-hydrogen) atoms. The van der Waals surface area contributed by atoms with Crippen molar-refractivity contribution in [3.05, 3.63) is 71.8 Å². The number of benzene rings is 2. The fourth-order valence-electron chi connectivity index (χ4n) is 3.33. The Morgan fingerprint density at radius 1 is 0.929 bits per heavy atom. The number of morpholine rings is 1. The molecule has 0 aliphatic carbocycles. The van der Waals surface area contributed by atoms with Crippen LogP contribution < -0.4 is 0 Å². The molecule has 0 radical (unpaired) electrons. The zero-order valence-corrected chi connectivity index (χ0v) is 16.1. The van der Waals surface area contributed by atoms with Gasteiger partial charge in [-0.1, -0.05) is 60.7 Å². The Bertz CT molecular complexity index is 742. The van der Waals surface area contributed by atoms with Crippen molar-refractivity contribution in [3.63, 3.8) is 0 Å². The minimum atomic E-state index is -0.473. The van der Waals surface area contributed by atoms with Crippen LogP contribution in [0.15, 0.2) is 60.7 Å². The van der Waals surface area contributed by atoms with E-state index in [1.54, 1.807) is 0 Å². The second kappa shape index (κ2) is 10.7. The summed E-state index contributed by atoms with van der Waals surface area (Å²) in [6.45, 7) is 3.41. The van der Waals surface area contributed by atoms with Crippen molar-refractivity contribution in [2.75, 3.05) is 32.8 Å². The standard InChI is InChI=1S/C23H27NO4/c25-22(17-24-11-13-27-14-12-24)16-21(15-19-7-3-1-4-8-19)23(26)28-18-20-9-5-2-6-10-20/h1-10,21H,11-18H2/t21-/m1/s1. The summed E-state index contributed by atoms with van der Waals surface area (Å²) in [6.07, 6.45) is 0.698. The lowest BCUT2D eigenvalue weighted by molar-refractivity contribution is -0.151. The molecular formula is C23H27NO4. The summed E-state index contributed by atoms with van der Waals surface area (Å²) in [6, 6.07) is 19.4. The van der Waals surface area contributed by atoms with Crippen LogP contribution in [0.5, 0.6) is 0 Å². The average Bonchev–Trinajstić information content (AvgIpc) is 2.74. The first-order chi connectivity index (χ1) is 13.7. The third kappa shape index (κ3) is 6.59. The third-order valence-electron chi connectivity index (χ3n) is 4.86. The van der Waals surface area contributed by atoms with Gasteiger partial charge in [-0.25, -0.2) is 0 Å². The van der Waals surface area contributed by atoms with Crippen molar-refractivity contribution in [1.82, 2.24) is 4.90 Å². The van der Waals surface area contributed by atoms with Gasteiger partial charge < -0.3 is 9.47 Å². The summed E-state index contributed by atoms with van der Waals surface area (Å²) in [5.74, 6) is -0.720. The highest BCUT2D eigenvalue weighted by Gasteiger charge is 2.25. The van der Waals surface area contributed by atoms with Gasteiger partial charge in [-0.15, -0.1) is 0 Å². The maximum Gasteiger partial charge on any atom is 0.310 e. The predicted octanol–water partition coefficient (Wildman–Crippen LogP) is 2.88. The van der Waals surface area contributed by atoms with E-state index in [0.29, 0.717) is 26.2 Å². The number of rotatable bonds is 9. The molecule has 1 heterocycles. The Hall–Kier alpha value is -2.50. The van der Waals surface area contributed by atoms with Gasteiger partial charge in [0.25, 0.3) is 0 Å². The topological polar surface area (TPSA) is 55.8 Å². The second-order valence-corrected chi connectivity index (χ2v) is 7.11. The largest absolute Gasteiger partial charge is 0.461 e. The van der Waals surface area contributed by atoms with Gasteiger partial charge >= 0.3 is 5.97 Å². The Balaban J connectivity index is 1.60. The molecule has 0 unspecified atom stereocenters. The minimum absolute atomic E-state index is 0.0690. The number of carbonyl (C=O) groups excluding carboxylic acids is 2. The molecule has 5 nitrogen and oxygen atoms in total. The molecule has 0 N–H and O–H groups in total. The van der Waals surface area contributed by atoms with Crippen LogP contribution in [0.25, 0.3) is 0 Å². The molecule has 1 atom stereocenters. The van der Waals surface area contributed by atoms with Crippen molar-refractivity contribution in [3.8, 4) is 0 Å². The highest BCUT2D eigenvalue weighted by Crippen LogP contribution is 2.17. The quantitative estimate of drug-likeness (QED) is 0.625. The third-order valence-corrected chi connectivity index (χ3v) is 4.86. The molecule has 0 saturated carbocycles. The first-order valence-electron chi connectivity index (χ1n) is 9.77. The van der Waals surface area contributed by atoms with E-state index in [9.17, 15) is 9.59 Å². The predicted molar refractivity (Wildman–Crippen MR) is 107 cm³/mol. The molecule has 1 aliphatic heterocycles. The molecule has 1 fully saturated rings. The molecule has 1 saturated heterocycles. The van der Waals surface area contributed by atoms with E-state index in [1.165, 1.54) is 0 Å². The van der Waals surface area contributed by atoms with Gasteiger partial charge in [0, 0.05) is 19.5 Å². The van der Waals surface area contributed by atoms with Crippen LogP contribution in [-0.2, 0) is 32.1 Å². The fraction of sp³-hybridized carbons (Fsp3) is 0.391. The van der Waals surface area contributed by atoms with Crippen LogP contribution in [0.2, 0.25) is 0 Å². The lowest BCUT2D eigenvalue weighted by Gasteiger charge is -2.26. The van der Waals surface area contributed by atoms with Gasteiger partial charge in [0.1, 0.15) is 12.4 Å². The first-order valence-corrected chi connectivity index (χ1v) is 9.77. The van der Waals surface area contributed by atoms with E-state index in [4.69, 9.17) is 9.47 Å². The van der Waals surface area contributed by atoms with Crippen LogP contribution in [0.4, 0.5) is 0 Å². The zero-order chi connectivity index (χ0) is 19.6. The Kier molecular flexibility index (Phi) is 7.76. The molecule has 148 valence electrons. The molecule has 0 amide bonds. The van der Waals surface area contributed by atoms with E-state index < -0.39 is 5.92 Å². The summed E-state index contributed by atoms with van der Waals surface area (Å²) in [5, 5.41) is 0. The van der Waals surface area contributed by atoms with Crippen LogP contribution in [-0.4, -0.2) is 49.5 Å². The SMILES string of the molecule is O=C(C[C@@H](Cc1ccccc1)C(=O)OCc1ccccc1)CN1CCOCC1. The summed E-state index contributed by atoms with van der Waals surface area (Å²) < 4.78 is 10.9. The molecule has 1 aliphatic rings. The number of Topliss-reactive ketones (excluding diaryl/α,β-unsaturated/α-hetero) is 1. The van der Waals surface area contributed by atoms with Gasteiger partial charge in [0.2, 0.25) is 0 Å². The normalized spacial score (nSPS) is 15.7. The summed E-state index contributed by atoms with van der Waals surface area (Å²) in [5.41, 5.74) is 1.97. The lowest BCUT2D eigenvalue weighted by atomic mass is 9.94. The molecular weight excluding hydrogens is 354 g/mol. The Morgan fingerprint density at radius 2 is 1.54 bits per heavy atom. The molecule has 2 aromatic rings. The highest BCUT2D eigenvalue weighted by molar-refractivity contribution is 5.86. The molecule has 3 rings (SSSR count). The zero-order valence-electron chi connectivity index (χ0n) is 16.1. The number of nitrogens with zero attached hydrogens (tertiary/aromatic N) is 1. The van der Waals surface area contributed by atoms with Crippen molar-refractivity contribution in [1.29, 1.82) is 0 Å². The van der Waals surface area contributed by atoms with Crippen molar-refractivity contribution in [2.45, 2.75) is 19.4 Å². The number of hydrogen-bond acceptors (Lipinski definition) is 5. The number of ether oxygens (including phenoxy) is 2. The number of carbonyl (C=O) groups is 2. The van der Waals surface area contributed by atoms with Crippen molar-refractivity contribution >= 4 is 11.8 Å². The van der Waals surface area contributed by atoms with Gasteiger partial charge in [-0.05, 0) is 17.5 Å². The van der Waals surface area contributed by atoms with Gasteiger partial charge in [0.05, 0.1) is 25.7 Å². The average molecular weight is 381 g/mol. The lowest BCUT2D eigenvalue weighted by Crippen LogP contribution is -2.40. The second-order valence-electron chi connectivity index (χ2n) is 7.11. The van der Waals surface area contributed by atoms with E-state index in [0.717, 1.165) is 24.2 Å². The van der Waals surface area contributed by atoms with E-state index in [1.807, 2.05) is 60.7 Å². The van der Waals surface area contributed by atoms with Crippen LogP contribution in [0.1, 0.15) is 17.5 Å². The van der Waals surface area contributed by atoms with Crippen molar-refractivity contribution < 1.29 is 19.1 Å². The summed E-state index contributed by atoms with van der Waals surface area (Å²) in [4.78, 5) is 27.4. The van der Waals surface area contributed by atoms with Crippen molar-refractivity contribution in [2.24, 2.45) is 5.92 Å². The Morgan fingerprint density at radius 3 is 2.18 bits per heavy atom. The highest BCUT2D eigenvalue weighted by atomic mass is 16.5. The molecule has 0 bridgehead atoms. The number of ketones is 1. The van der Waals surface area contributed by atoms with Gasteiger partial charge in [-0.3, -0.25) is 14.5 Å². The van der Waals surface area contributed by atoms with Crippen LogP contribution in [0, 0.1) is 5.92 Å². The van der Waals surface area contributed by atoms with E-state index >= 15 is 0 Å². The van der Waals surface area contributed by atoms with Crippen LogP contribution >= 0.6 is 0 Å². The number of esters is 1. The van der Waals surface area contributed by atoms with Gasteiger partial charge in [-0.2, -0.15) is 0 Å². The summed E-state index contributed by atoms with van der Waals surface area (Å²) >= 11 is 0. The molecule has 5 heteroatoms. The Labute approximate surface area is 166 Å². The minimum Gasteiger partial charge on any atom is -0.461 e. The maximum atomic E-state index is 12.7. The number of hydrogen-bond donors (Lipinski definition) is 0. The molecule has 0 aromatic heterocycles. The molecule has 2 aromatic carbocycles. The monoisotopic (exact) mass is 381 g/mol. The summed E-state index contributed by atoms with van der Waals surface area (Å²) in [7, 11) is 0. The fourth-order valence-corrected chi connectivity index (χ4v) is 3.33.